The molecule has 1 unspecified atom stereocenters. The molecule has 1 aromatic carbocycles. The Labute approximate surface area is 199 Å². The first-order valence-electron chi connectivity index (χ1n) is 10.4. The third kappa shape index (κ3) is 4.23. The van der Waals surface area contributed by atoms with Gasteiger partial charge in [-0.05, 0) is 43.2 Å². The van der Waals surface area contributed by atoms with E-state index in [0.29, 0.717) is 39.3 Å². The van der Waals surface area contributed by atoms with Crippen molar-refractivity contribution in [2.45, 2.75) is 18.9 Å². The van der Waals surface area contributed by atoms with Crippen LogP contribution in [0.3, 0.4) is 0 Å². The summed E-state index contributed by atoms with van der Waals surface area (Å²) >= 11 is 12.5. The minimum Gasteiger partial charge on any atom is -0.383 e. The monoisotopic (exact) mass is 479 g/mol. The zero-order valence-corrected chi connectivity index (χ0v) is 18.9. The molecule has 5 rings (SSSR count). The van der Waals surface area contributed by atoms with Crippen LogP contribution < -0.4 is 16.0 Å². The molecule has 1 atom stereocenters. The van der Waals surface area contributed by atoms with Crippen LogP contribution in [-0.2, 0) is 0 Å². The molecule has 1 aliphatic rings. The molecule has 0 aliphatic carbocycles. The molecule has 0 amide bonds. The van der Waals surface area contributed by atoms with E-state index in [1.54, 1.807) is 28.8 Å². The topological polar surface area (TPSA) is 121 Å². The van der Waals surface area contributed by atoms with Crippen molar-refractivity contribution in [2.75, 3.05) is 29.0 Å². The zero-order chi connectivity index (χ0) is 22.9. The van der Waals surface area contributed by atoms with Gasteiger partial charge in [-0.3, -0.25) is 0 Å². The number of nitrogens with two attached hydrogens (primary N) is 1. The predicted octanol–water partition coefficient (Wildman–Crippen LogP) is 4.03. The molecule has 9 nitrogen and oxygen atoms in total. The van der Waals surface area contributed by atoms with Gasteiger partial charge in [0.2, 0.25) is 0 Å². The molecule has 0 radical (unpaired) electrons. The predicted molar refractivity (Wildman–Crippen MR) is 128 cm³/mol. The molecule has 1 fully saturated rings. The second-order valence-corrected chi connectivity index (χ2v) is 8.62. The van der Waals surface area contributed by atoms with Crippen LogP contribution in [-0.4, -0.2) is 43.7 Å². The molecule has 4 heterocycles. The first kappa shape index (κ1) is 21.2. The second-order valence-electron chi connectivity index (χ2n) is 7.77. The van der Waals surface area contributed by atoms with Gasteiger partial charge in [0.05, 0.1) is 22.5 Å². The van der Waals surface area contributed by atoms with E-state index in [1.165, 1.54) is 6.33 Å². The Kier molecular flexibility index (Phi) is 5.62. The number of benzene rings is 1. The number of aromatic nitrogens is 5. The molecule has 3 aromatic heterocycles. The van der Waals surface area contributed by atoms with E-state index in [9.17, 15) is 0 Å². The lowest BCUT2D eigenvalue weighted by atomic mass is 10.1. The Morgan fingerprint density at radius 1 is 1.18 bits per heavy atom. The Morgan fingerprint density at radius 3 is 2.85 bits per heavy atom. The fourth-order valence-corrected chi connectivity index (χ4v) is 4.50. The maximum absolute atomic E-state index is 9.06. The van der Waals surface area contributed by atoms with Crippen molar-refractivity contribution >= 4 is 46.3 Å². The lowest BCUT2D eigenvalue weighted by molar-refractivity contribution is 0.526. The number of nitrogen functional groups attached to an aromatic ring is 1. The maximum atomic E-state index is 9.06. The maximum Gasteiger partial charge on any atom is 0.198 e. The number of rotatable bonds is 4. The summed E-state index contributed by atoms with van der Waals surface area (Å²) in [5.41, 5.74) is 8.35. The number of nitrogens with one attached hydrogen (secondary N) is 1. The Bertz CT molecular complexity index is 1380. The van der Waals surface area contributed by atoms with Crippen molar-refractivity contribution in [1.82, 2.24) is 24.6 Å². The molecule has 4 aromatic rings. The molecular formula is C22H19Cl2N9. The number of hydrogen-bond donors (Lipinski definition) is 2. The van der Waals surface area contributed by atoms with Crippen LogP contribution in [0.15, 0.2) is 42.9 Å². The standard InChI is InChI=1S/C22H19Cl2N9/c23-14-4-5-16(17(24)8-14)18-11-33-21(27-12-28-33)22(30-18)32-7-1-2-15(10-32)29-19-6-3-13(9-25)20(26)31-19/h3-6,8,11-12,15H,1-2,7,10H2,(H3,26,29,31). The van der Waals surface area contributed by atoms with E-state index in [0.717, 1.165) is 30.8 Å². The van der Waals surface area contributed by atoms with Gasteiger partial charge in [0.15, 0.2) is 11.5 Å². The van der Waals surface area contributed by atoms with Crippen molar-refractivity contribution < 1.29 is 0 Å². The van der Waals surface area contributed by atoms with Gasteiger partial charge in [-0.25, -0.2) is 19.5 Å². The van der Waals surface area contributed by atoms with Crippen molar-refractivity contribution in [1.29, 1.82) is 5.26 Å². The number of fused-ring (bicyclic) bond motifs is 1. The van der Waals surface area contributed by atoms with Crippen LogP contribution in [0.4, 0.5) is 17.5 Å². The van der Waals surface area contributed by atoms with Gasteiger partial charge in [-0.1, -0.05) is 23.2 Å². The second kappa shape index (κ2) is 8.73. The van der Waals surface area contributed by atoms with E-state index < -0.39 is 0 Å². The molecule has 3 N–H and O–H groups in total. The highest BCUT2D eigenvalue weighted by Crippen LogP contribution is 2.32. The zero-order valence-electron chi connectivity index (χ0n) is 17.4. The molecule has 166 valence electrons. The summed E-state index contributed by atoms with van der Waals surface area (Å²) in [5, 5.41) is 17.9. The van der Waals surface area contributed by atoms with E-state index >= 15 is 0 Å². The number of hydrogen-bond acceptors (Lipinski definition) is 8. The SMILES string of the molecule is N#Cc1ccc(NC2CCCN(c3nc(-c4ccc(Cl)cc4Cl)cn4ncnc34)C2)nc1N. The smallest absolute Gasteiger partial charge is 0.198 e. The number of pyridine rings is 1. The summed E-state index contributed by atoms with van der Waals surface area (Å²) in [5.74, 6) is 1.59. The number of piperidine rings is 1. The van der Waals surface area contributed by atoms with Crippen molar-refractivity contribution in [3.63, 3.8) is 0 Å². The van der Waals surface area contributed by atoms with Gasteiger partial charge in [0.25, 0.3) is 0 Å². The third-order valence-electron chi connectivity index (χ3n) is 5.57. The fraction of sp³-hybridized carbons (Fsp3) is 0.227. The van der Waals surface area contributed by atoms with Crippen LogP contribution >= 0.6 is 23.2 Å². The minimum atomic E-state index is 0.117. The van der Waals surface area contributed by atoms with Gasteiger partial charge in [0.1, 0.15) is 24.0 Å². The summed E-state index contributed by atoms with van der Waals surface area (Å²) in [7, 11) is 0. The summed E-state index contributed by atoms with van der Waals surface area (Å²) in [4.78, 5) is 15.8. The Morgan fingerprint density at radius 2 is 2.06 bits per heavy atom. The summed E-state index contributed by atoms with van der Waals surface area (Å²) in [6.07, 6.45) is 5.24. The molecule has 1 saturated heterocycles. The first-order chi connectivity index (χ1) is 16.0. The normalized spacial score (nSPS) is 16.0. The summed E-state index contributed by atoms with van der Waals surface area (Å²) in [6, 6.07) is 10.9. The lowest BCUT2D eigenvalue weighted by Gasteiger charge is -2.34. The number of halogens is 2. The van der Waals surface area contributed by atoms with Crippen LogP contribution in [0.5, 0.6) is 0 Å². The highest BCUT2D eigenvalue weighted by atomic mass is 35.5. The third-order valence-corrected chi connectivity index (χ3v) is 6.12. The van der Waals surface area contributed by atoms with Crippen LogP contribution in [0, 0.1) is 11.3 Å². The van der Waals surface area contributed by atoms with Gasteiger partial charge < -0.3 is 16.0 Å². The summed E-state index contributed by atoms with van der Waals surface area (Å²) in [6.45, 7) is 1.52. The van der Waals surface area contributed by atoms with Crippen molar-refractivity contribution in [2.24, 2.45) is 0 Å². The van der Waals surface area contributed by atoms with Gasteiger partial charge in [-0.2, -0.15) is 10.4 Å². The number of nitriles is 1. The minimum absolute atomic E-state index is 0.117. The summed E-state index contributed by atoms with van der Waals surface area (Å²) < 4.78 is 1.71. The van der Waals surface area contributed by atoms with E-state index in [-0.39, 0.29) is 11.9 Å². The van der Waals surface area contributed by atoms with Crippen LogP contribution in [0.25, 0.3) is 16.9 Å². The lowest BCUT2D eigenvalue weighted by Crippen LogP contribution is -2.43. The quantitative estimate of drug-likeness (QED) is 0.449. The largest absolute Gasteiger partial charge is 0.383 e. The van der Waals surface area contributed by atoms with Crippen molar-refractivity contribution in [3.05, 3.63) is 58.5 Å². The number of nitrogens with zero attached hydrogens (tertiary/aromatic N) is 7. The van der Waals surface area contributed by atoms with Gasteiger partial charge in [-0.15, -0.1) is 0 Å². The molecule has 11 heteroatoms. The Hall–Kier alpha value is -3.61. The van der Waals surface area contributed by atoms with E-state index in [2.05, 4.69) is 25.3 Å². The van der Waals surface area contributed by atoms with Gasteiger partial charge in [0, 0.05) is 29.7 Å². The van der Waals surface area contributed by atoms with Crippen LogP contribution in [0.1, 0.15) is 18.4 Å². The van der Waals surface area contributed by atoms with Crippen LogP contribution in [0.2, 0.25) is 10.0 Å². The Balaban J connectivity index is 1.45. The molecule has 33 heavy (non-hydrogen) atoms. The average molecular weight is 480 g/mol. The highest BCUT2D eigenvalue weighted by molar-refractivity contribution is 6.36. The van der Waals surface area contributed by atoms with Gasteiger partial charge >= 0.3 is 0 Å². The number of anilines is 3. The fourth-order valence-electron chi connectivity index (χ4n) is 4.00. The molecule has 0 spiro atoms. The highest BCUT2D eigenvalue weighted by Gasteiger charge is 2.25. The van der Waals surface area contributed by atoms with Crippen molar-refractivity contribution in [3.8, 4) is 17.3 Å². The van der Waals surface area contributed by atoms with E-state index in [1.807, 2.05) is 18.3 Å². The molecule has 1 aliphatic heterocycles. The molecule has 0 bridgehead atoms. The first-order valence-corrected chi connectivity index (χ1v) is 11.1. The molecular weight excluding hydrogens is 461 g/mol. The average Bonchev–Trinajstić information content (AvgIpc) is 3.27. The molecule has 0 saturated carbocycles. The van der Waals surface area contributed by atoms with E-state index in [4.69, 9.17) is 39.2 Å².